The first-order chi connectivity index (χ1) is 15.3. The number of nitrogens with zero attached hydrogens (tertiary/aromatic N) is 6. The summed E-state index contributed by atoms with van der Waals surface area (Å²) in [5.74, 6) is 2.56. The molecule has 0 atom stereocenters. The second-order valence-corrected chi connectivity index (χ2v) is 9.40. The first kappa shape index (κ1) is 22.7. The van der Waals surface area contributed by atoms with Gasteiger partial charge in [0.25, 0.3) is 0 Å². The predicted octanol–water partition coefficient (Wildman–Crippen LogP) is 4.08. The van der Waals surface area contributed by atoms with Crippen LogP contribution >= 0.6 is 15.9 Å². The number of halogens is 2. The molecule has 0 bridgehead atoms. The number of aryl methyl sites for hydroxylation is 1. The van der Waals surface area contributed by atoms with Crippen LogP contribution in [0.4, 0.5) is 16.0 Å². The molecule has 4 rings (SSSR count). The molecule has 0 radical (unpaired) electrons. The van der Waals surface area contributed by atoms with Crippen LogP contribution in [0.3, 0.4) is 0 Å². The largest absolute Gasteiger partial charge is 0.383 e. The fourth-order valence-electron chi connectivity index (χ4n) is 4.13. The van der Waals surface area contributed by atoms with Crippen molar-refractivity contribution >= 4 is 27.6 Å². The molecule has 1 aliphatic heterocycles. The molecule has 1 aromatic carbocycles. The molecule has 0 unspecified atom stereocenters. The molecule has 1 saturated heterocycles. The molecule has 170 valence electrons. The Morgan fingerprint density at radius 3 is 2.66 bits per heavy atom. The van der Waals surface area contributed by atoms with Crippen LogP contribution < -0.4 is 10.6 Å². The molecule has 2 aromatic heterocycles. The fourth-order valence-corrected chi connectivity index (χ4v) is 4.59. The van der Waals surface area contributed by atoms with Gasteiger partial charge in [-0.1, -0.05) is 0 Å². The maximum atomic E-state index is 13.8. The minimum atomic E-state index is -0.190. The number of aromatic nitrogens is 4. The van der Waals surface area contributed by atoms with E-state index in [0.29, 0.717) is 17.3 Å². The number of likely N-dealkylation sites (N-methyl/N-ethyl adjacent to an activating group) is 1. The van der Waals surface area contributed by atoms with Crippen LogP contribution in [0.25, 0.3) is 11.3 Å². The second kappa shape index (κ2) is 9.54. The zero-order valence-electron chi connectivity index (χ0n) is 18.7. The van der Waals surface area contributed by atoms with E-state index in [1.165, 1.54) is 12.4 Å². The van der Waals surface area contributed by atoms with Crippen molar-refractivity contribution in [3.63, 3.8) is 0 Å². The molecule has 0 saturated carbocycles. The second-order valence-electron chi connectivity index (χ2n) is 8.60. The van der Waals surface area contributed by atoms with Gasteiger partial charge in [-0.2, -0.15) is 0 Å². The SMILES string of the molecule is Cc1cc(-c2cn(CCN(C)C)c(C3CCN(c4ncnc(N)c4Br)CC3)n2)ccc1F. The zero-order chi connectivity index (χ0) is 22.8. The molecule has 3 aromatic rings. The van der Waals surface area contributed by atoms with E-state index in [4.69, 9.17) is 10.7 Å². The first-order valence-corrected chi connectivity index (χ1v) is 11.6. The molecule has 2 N–H and O–H groups in total. The molecule has 1 fully saturated rings. The van der Waals surface area contributed by atoms with Crippen molar-refractivity contribution in [2.75, 3.05) is 44.4 Å². The van der Waals surface area contributed by atoms with Gasteiger partial charge in [0.1, 0.15) is 34.1 Å². The number of imidazole rings is 1. The summed E-state index contributed by atoms with van der Waals surface area (Å²) in [7, 11) is 4.15. The summed E-state index contributed by atoms with van der Waals surface area (Å²) in [5.41, 5.74) is 8.42. The number of nitrogen functional groups attached to an aromatic ring is 1. The fraction of sp³-hybridized carbons (Fsp3) is 0.435. The summed E-state index contributed by atoms with van der Waals surface area (Å²) in [6.07, 6.45) is 5.56. The Hall–Kier alpha value is -2.52. The Morgan fingerprint density at radius 1 is 1.22 bits per heavy atom. The average Bonchev–Trinajstić information content (AvgIpc) is 3.20. The van der Waals surface area contributed by atoms with E-state index in [-0.39, 0.29) is 5.82 Å². The number of rotatable bonds is 6. The van der Waals surface area contributed by atoms with Crippen LogP contribution in [0.15, 0.2) is 35.2 Å². The molecule has 0 amide bonds. The minimum absolute atomic E-state index is 0.190. The summed E-state index contributed by atoms with van der Waals surface area (Å²) in [4.78, 5) is 17.9. The van der Waals surface area contributed by atoms with Gasteiger partial charge in [-0.25, -0.2) is 19.3 Å². The number of anilines is 2. The van der Waals surface area contributed by atoms with Crippen molar-refractivity contribution in [1.82, 2.24) is 24.4 Å². The van der Waals surface area contributed by atoms with Crippen LogP contribution in [0.2, 0.25) is 0 Å². The van der Waals surface area contributed by atoms with Crippen LogP contribution in [-0.2, 0) is 6.54 Å². The molecule has 0 spiro atoms. The van der Waals surface area contributed by atoms with E-state index in [9.17, 15) is 4.39 Å². The lowest BCUT2D eigenvalue weighted by atomic mass is 9.96. The molecular weight excluding hydrogens is 473 g/mol. The Balaban J connectivity index is 1.57. The molecule has 7 nitrogen and oxygen atoms in total. The number of nitrogens with two attached hydrogens (primary N) is 1. The van der Waals surface area contributed by atoms with Gasteiger partial charge in [0.15, 0.2) is 0 Å². The summed E-state index contributed by atoms with van der Waals surface area (Å²) >= 11 is 3.52. The third kappa shape index (κ3) is 4.78. The minimum Gasteiger partial charge on any atom is -0.383 e. The Kier molecular flexibility index (Phi) is 6.76. The lowest BCUT2D eigenvalue weighted by Crippen LogP contribution is -2.35. The third-order valence-corrected chi connectivity index (χ3v) is 6.77. The van der Waals surface area contributed by atoms with Crippen LogP contribution in [-0.4, -0.2) is 58.1 Å². The molecular formula is C23H29BrFN7. The smallest absolute Gasteiger partial charge is 0.148 e. The van der Waals surface area contributed by atoms with E-state index in [1.807, 2.05) is 12.1 Å². The van der Waals surface area contributed by atoms with E-state index in [1.54, 1.807) is 6.92 Å². The topological polar surface area (TPSA) is 76.1 Å². The van der Waals surface area contributed by atoms with Gasteiger partial charge >= 0.3 is 0 Å². The van der Waals surface area contributed by atoms with Crippen molar-refractivity contribution < 1.29 is 4.39 Å². The van der Waals surface area contributed by atoms with Gasteiger partial charge in [-0.15, -0.1) is 0 Å². The normalized spacial score (nSPS) is 15.0. The van der Waals surface area contributed by atoms with Crippen molar-refractivity contribution in [3.05, 3.63) is 52.4 Å². The highest BCUT2D eigenvalue weighted by atomic mass is 79.9. The molecule has 0 aliphatic carbocycles. The Bertz CT molecular complexity index is 1090. The highest BCUT2D eigenvalue weighted by Gasteiger charge is 2.27. The van der Waals surface area contributed by atoms with Crippen molar-refractivity contribution in [3.8, 4) is 11.3 Å². The van der Waals surface area contributed by atoms with Gasteiger partial charge in [-0.05, 0) is 73.6 Å². The lowest BCUT2D eigenvalue weighted by Gasteiger charge is -2.33. The van der Waals surface area contributed by atoms with Crippen LogP contribution in [0, 0.1) is 12.7 Å². The van der Waals surface area contributed by atoms with E-state index in [0.717, 1.165) is 66.4 Å². The predicted molar refractivity (Wildman–Crippen MR) is 129 cm³/mol. The number of benzene rings is 1. The molecule has 9 heteroatoms. The van der Waals surface area contributed by atoms with E-state index < -0.39 is 0 Å². The van der Waals surface area contributed by atoms with Gasteiger partial charge in [0, 0.05) is 43.9 Å². The maximum absolute atomic E-state index is 13.8. The summed E-state index contributed by atoms with van der Waals surface area (Å²) in [5, 5.41) is 0. The first-order valence-electron chi connectivity index (χ1n) is 10.8. The third-order valence-electron chi connectivity index (χ3n) is 6.01. The standard InChI is InChI=1S/C23H29BrFN7/c1-15-12-17(4-5-18(15)25)19-13-32(11-10-30(2)3)22(29-19)16-6-8-31(9-7-16)23-20(24)21(26)27-14-28-23/h4-5,12-14,16H,6-11H2,1-3H3,(H2,26,27,28). The van der Waals surface area contributed by atoms with Gasteiger partial charge in [-0.3, -0.25) is 0 Å². The number of hydrogen-bond acceptors (Lipinski definition) is 6. The highest BCUT2D eigenvalue weighted by molar-refractivity contribution is 9.10. The van der Waals surface area contributed by atoms with Crippen molar-refractivity contribution in [1.29, 1.82) is 0 Å². The van der Waals surface area contributed by atoms with Crippen LogP contribution in [0.5, 0.6) is 0 Å². The monoisotopic (exact) mass is 501 g/mol. The van der Waals surface area contributed by atoms with Gasteiger partial charge in [0.05, 0.1) is 5.69 Å². The molecule has 1 aliphatic rings. The van der Waals surface area contributed by atoms with Gasteiger partial charge < -0.3 is 20.1 Å². The lowest BCUT2D eigenvalue weighted by molar-refractivity contribution is 0.372. The summed E-state index contributed by atoms with van der Waals surface area (Å²) in [6.45, 7) is 5.31. The maximum Gasteiger partial charge on any atom is 0.148 e. The van der Waals surface area contributed by atoms with Crippen LogP contribution in [0.1, 0.15) is 30.1 Å². The zero-order valence-corrected chi connectivity index (χ0v) is 20.3. The van der Waals surface area contributed by atoms with E-state index in [2.05, 4.69) is 60.6 Å². The molecule has 3 heterocycles. The van der Waals surface area contributed by atoms with Crippen molar-refractivity contribution in [2.24, 2.45) is 0 Å². The Labute approximate surface area is 196 Å². The number of piperidine rings is 1. The summed E-state index contributed by atoms with van der Waals surface area (Å²) < 4.78 is 16.8. The molecule has 32 heavy (non-hydrogen) atoms. The van der Waals surface area contributed by atoms with E-state index >= 15 is 0 Å². The van der Waals surface area contributed by atoms with Crippen molar-refractivity contribution in [2.45, 2.75) is 32.2 Å². The summed E-state index contributed by atoms with van der Waals surface area (Å²) in [6, 6.07) is 5.20. The average molecular weight is 502 g/mol. The highest BCUT2D eigenvalue weighted by Crippen LogP contribution is 2.34. The Morgan fingerprint density at radius 2 is 1.97 bits per heavy atom. The number of hydrogen-bond donors (Lipinski definition) is 1. The quantitative estimate of drug-likeness (QED) is 0.548. The van der Waals surface area contributed by atoms with Gasteiger partial charge in [0.2, 0.25) is 0 Å².